The second-order valence-corrected chi connectivity index (χ2v) is 6.79. The molecular formula is C20H17F3N8O2. The molecule has 1 aromatic carbocycles. The number of halogens is 3. The zero-order valence-corrected chi connectivity index (χ0v) is 17.1. The Morgan fingerprint density at radius 2 is 1.82 bits per heavy atom. The minimum Gasteiger partial charge on any atom is -0.368 e. The van der Waals surface area contributed by atoms with Crippen LogP contribution in [0, 0.1) is 0 Å². The maximum absolute atomic E-state index is 12.5. The molecular weight excluding hydrogens is 441 g/mol. The van der Waals surface area contributed by atoms with Crippen molar-refractivity contribution >= 4 is 17.6 Å². The largest absolute Gasteiger partial charge is 0.414 e. The van der Waals surface area contributed by atoms with E-state index in [-0.39, 0.29) is 36.0 Å². The molecule has 0 aliphatic heterocycles. The minimum absolute atomic E-state index is 0.0381. The third-order valence-corrected chi connectivity index (χ3v) is 4.32. The topological polar surface area (TPSA) is 138 Å². The van der Waals surface area contributed by atoms with Crippen molar-refractivity contribution in [3.05, 3.63) is 54.4 Å². The zero-order chi connectivity index (χ0) is 23.4. The molecule has 33 heavy (non-hydrogen) atoms. The number of nitrogen functional groups attached to an aromatic ring is 1. The molecule has 10 nitrogen and oxygen atoms in total. The number of aromatic nitrogens is 6. The lowest BCUT2D eigenvalue weighted by atomic mass is 10.2. The van der Waals surface area contributed by atoms with Crippen LogP contribution in [0.1, 0.15) is 12.6 Å². The van der Waals surface area contributed by atoms with Crippen LogP contribution in [0.4, 0.5) is 30.8 Å². The highest BCUT2D eigenvalue weighted by Crippen LogP contribution is 2.24. The summed E-state index contributed by atoms with van der Waals surface area (Å²) in [6.45, 7) is 0.639. The highest BCUT2D eigenvalue weighted by Gasteiger charge is 2.36. The van der Waals surface area contributed by atoms with Gasteiger partial charge in [-0.15, -0.1) is 0 Å². The monoisotopic (exact) mass is 458 g/mol. The number of hydrogen-bond donors (Lipinski definition) is 2. The highest BCUT2D eigenvalue weighted by molar-refractivity contribution is 5.58. The first-order chi connectivity index (χ1) is 15.8. The summed E-state index contributed by atoms with van der Waals surface area (Å²) in [5.41, 5.74) is 7.30. The molecule has 3 heterocycles. The van der Waals surface area contributed by atoms with Crippen LogP contribution in [0.2, 0.25) is 0 Å². The van der Waals surface area contributed by atoms with E-state index in [0.29, 0.717) is 11.3 Å². The molecule has 3 aromatic heterocycles. The van der Waals surface area contributed by atoms with E-state index < -0.39 is 12.3 Å². The van der Waals surface area contributed by atoms with Crippen LogP contribution in [0.3, 0.4) is 0 Å². The molecule has 0 bridgehead atoms. The van der Waals surface area contributed by atoms with Crippen LogP contribution in [0.25, 0.3) is 23.1 Å². The maximum Gasteiger partial charge on any atom is 0.414 e. The van der Waals surface area contributed by atoms with Gasteiger partial charge in [-0.25, -0.2) is 0 Å². The fourth-order valence-corrected chi connectivity index (χ4v) is 2.57. The van der Waals surface area contributed by atoms with Crippen LogP contribution < -0.4 is 11.1 Å². The molecule has 0 radical (unpaired) electrons. The van der Waals surface area contributed by atoms with E-state index in [4.69, 9.17) is 15.0 Å². The molecule has 0 fully saturated rings. The van der Waals surface area contributed by atoms with Crippen LogP contribution >= 0.6 is 0 Å². The number of rotatable bonds is 7. The second kappa shape index (κ2) is 9.16. The first-order valence-electron chi connectivity index (χ1n) is 9.59. The second-order valence-electron chi connectivity index (χ2n) is 6.79. The lowest BCUT2D eigenvalue weighted by molar-refractivity contribution is -0.217. The van der Waals surface area contributed by atoms with Crippen LogP contribution in [-0.2, 0) is 11.3 Å². The van der Waals surface area contributed by atoms with Crippen molar-refractivity contribution in [1.29, 1.82) is 0 Å². The molecule has 4 aromatic rings. The number of para-hydroxylation sites is 1. The van der Waals surface area contributed by atoms with Gasteiger partial charge in [-0.1, -0.05) is 23.4 Å². The summed E-state index contributed by atoms with van der Waals surface area (Å²) in [6, 6.07) is 12.3. The van der Waals surface area contributed by atoms with E-state index in [0.717, 1.165) is 12.6 Å². The highest BCUT2D eigenvalue weighted by atomic mass is 19.4. The van der Waals surface area contributed by atoms with Crippen molar-refractivity contribution in [2.75, 3.05) is 11.1 Å². The lowest BCUT2D eigenvalue weighted by Crippen LogP contribution is -2.28. The number of nitrogens with one attached hydrogen (secondary N) is 1. The van der Waals surface area contributed by atoms with Gasteiger partial charge in [-0.2, -0.15) is 33.1 Å². The summed E-state index contributed by atoms with van der Waals surface area (Å²) in [5, 5.41) is 6.87. The molecule has 3 N–H and O–H groups in total. The standard InChI is InChI=1S/C20H17F3N8O2/c1-11(20(21,22)23)32-10-14-8-7-12(9-25-14)17-27-16(31-33-17)15-28-18(24)30-19(29-15)26-13-5-3-2-4-6-13/h2-9,11H,10H2,1H3,(H3,24,26,28,29,30). The average molecular weight is 458 g/mol. The molecule has 1 atom stereocenters. The fraction of sp³-hybridized carbons (Fsp3) is 0.200. The van der Waals surface area contributed by atoms with Gasteiger partial charge in [0.2, 0.25) is 23.5 Å². The van der Waals surface area contributed by atoms with Gasteiger partial charge >= 0.3 is 6.18 Å². The smallest absolute Gasteiger partial charge is 0.368 e. The third kappa shape index (κ3) is 5.57. The van der Waals surface area contributed by atoms with E-state index in [1.165, 1.54) is 12.3 Å². The molecule has 0 saturated heterocycles. The van der Waals surface area contributed by atoms with Gasteiger partial charge in [0.15, 0.2) is 6.10 Å². The van der Waals surface area contributed by atoms with Gasteiger partial charge in [0.25, 0.3) is 5.89 Å². The summed E-state index contributed by atoms with van der Waals surface area (Å²) < 4.78 is 47.6. The van der Waals surface area contributed by atoms with E-state index in [1.807, 2.05) is 30.3 Å². The van der Waals surface area contributed by atoms with Gasteiger partial charge in [0.05, 0.1) is 17.9 Å². The van der Waals surface area contributed by atoms with Crippen molar-refractivity contribution in [3.63, 3.8) is 0 Å². The molecule has 0 amide bonds. The number of anilines is 3. The zero-order valence-electron chi connectivity index (χ0n) is 17.1. The lowest BCUT2D eigenvalue weighted by Gasteiger charge is -2.15. The molecule has 0 aliphatic rings. The number of nitrogens with two attached hydrogens (primary N) is 1. The van der Waals surface area contributed by atoms with Gasteiger partial charge in [-0.3, -0.25) is 4.98 Å². The molecule has 0 saturated carbocycles. The van der Waals surface area contributed by atoms with E-state index in [2.05, 4.69) is 35.4 Å². The van der Waals surface area contributed by atoms with Crippen molar-refractivity contribution in [1.82, 2.24) is 30.1 Å². The quantitative estimate of drug-likeness (QED) is 0.421. The Hall–Kier alpha value is -4.13. The number of benzene rings is 1. The molecule has 170 valence electrons. The normalized spacial score (nSPS) is 12.5. The van der Waals surface area contributed by atoms with E-state index in [9.17, 15) is 13.2 Å². The Bertz CT molecular complexity index is 1220. The van der Waals surface area contributed by atoms with Crippen molar-refractivity contribution < 1.29 is 22.4 Å². The molecule has 4 rings (SSSR count). The van der Waals surface area contributed by atoms with Gasteiger partial charge in [0, 0.05) is 11.9 Å². The van der Waals surface area contributed by atoms with Crippen molar-refractivity contribution in [3.8, 4) is 23.1 Å². The number of ether oxygens (including phenoxy) is 1. The molecule has 1 unspecified atom stereocenters. The first kappa shape index (κ1) is 22.1. The Labute approximate surface area is 185 Å². The minimum atomic E-state index is -4.44. The summed E-state index contributed by atoms with van der Waals surface area (Å²) >= 11 is 0. The van der Waals surface area contributed by atoms with E-state index >= 15 is 0 Å². The van der Waals surface area contributed by atoms with Crippen LogP contribution in [0.15, 0.2) is 53.2 Å². The first-order valence-corrected chi connectivity index (χ1v) is 9.59. The fourth-order valence-electron chi connectivity index (χ4n) is 2.57. The molecule has 0 aliphatic carbocycles. The predicted octanol–water partition coefficient (Wildman–Crippen LogP) is 3.78. The average Bonchev–Trinajstić information content (AvgIpc) is 3.28. The van der Waals surface area contributed by atoms with Gasteiger partial charge in [-0.05, 0) is 31.2 Å². The van der Waals surface area contributed by atoms with Crippen LogP contribution in [-0.4, -0.2) is 42.4 Å². The van der Waals surface area contributed by atoms with E-state index in [1.54, 1.807) is 6.07 Å². The Balaban J connectivity index is 1.48. The number of alkyl halides is 3. The summed E-state index contributed by atoms with van der Waals surface area (Å²) in [7, 11) is 0. The maximum atomic E-state index is 12.5. The third-order valence-electron chi connectivity index (χ3n) is 4.32. The van der Waals surface area contributed by atoms with Crippen molar-refractivity contribution in [2.24, 2.45) is 0 Å². The van der Waals surface area contributed by atoms with Crippen LogP contribution in [0.5, 0.6) is 0 Å². The Kier molecular flexibility index (Phi) is 6.13. The Morgan fingerprint density at radius 3 is 2.52 bits per heavy atom. The number of pyridine rings is 1. The predicted molar refractivity (Wildman–Crippen MR) is 111 cm³/mol. The summed E-state index contributed by atoms with van der Waals surface area (Å²) in [5.74, 6) is 0.444. The number of nitrogens with zero attached hydrogens (tertiary/aromatic N) is 6. The summed E-state index contributed by atoms with van der Waals surface area (Å²) in [4.78, 5) is 20.6. The van der Waals surface area contributed by atoms with Gasteiger partial charge in [0.1, 0.15) is 0 Å². The Morgan fingerprint density at radius 1 is 1.03 bits per heavy atom. The van der Waals surface area contributed by atoms with Gasteiger partial charge < -0.3 is 20.3 Å². The molecule has 13 heteroatoms. The van der Waals surface area contributed by atoms with Crippen molar-refractivity contribution in [2.45, 2.75) is 25.8 Å². The number of hydrogen-bond acceptors (Lipinski definition) is 10. The summed E-state index contributed by atoms with van der Waals surface area (Å²) in [6.07, 6.45) is -4.94. The molecule has 0 spiro atoms. The SMILES string of the molecule is CC(OCc1ccc(-c2nc(-c3nc(N)nc(Nc4ccccc4)n3)no2)cn1)C(F)(F)F.